The Morgan fingerprint density at radius 2 is 2.04 bits per heavy atom. The summed E-state index contributed by atoms with van der Waals surface area (Å²) >= 11 is 1.66. The Morgan fingerprint density at radius 1 is 1.19 bits per heavy atom. The van der Waals surface area contributed by atoms with E-state index in [2.05, 4.69) is 51.8 Å². The van der Waals surface area contributed by atoms with Crippen molar-refractivity contribution in [3.05, 3.63) is 59.8 Å². The third kappa shape index (κ3) is 3.20. The predicted octanol–water partition coefficient (Wildman–Crippen LogP) is 4.47. The van der Waals surface area contributed by atoms with Crippen LogP contribution in [0.25, 0.3) is 10.9 Å². The molecule has 5 nitrogen and oxygen atoms in total. The van der Waals surface area contributed by atoms with Crippen LogP contribution >= 0.6 is 11.8 Å². The lowest BCUT2D eigenvalue weighted by molar-refractivity contribution is 0.415. The Bertz CT molecular complexity index is 989. The molecule has 2 heterocycles. The fourth-order valence-electron chi connectivity index (χ4n) is 3.04. The van der Waals surface area contributed by atoms with E-state index in [0.29, 0.717) is 0 Å². The van der Waals surface area contributed by atoms with Crippen LogP contribution in [-0.4, -0.2) is 28.7 Å². The molecule has 0 spiro atoms. The predicted molar refractivity (Wildman–Crippen MR) is 110 cm³/mol. The van der Waals surface area contributed by atoms with Crippen LogP contribution in [-0.2, 0) is 6.42 Å². The van der Waals surface area contributed by atoms with Crippen LogP contribution in [0.5, 0.6) is 5.75 Å². The molecule has 0 amide bonds. The molecule has 0 saturated heterocycles. The minimum Gasteiger partial charge on any atom is -0.497 e. The van der Waals surface area contributed by atoms with E-state index < -0.39 is 0 Å². The zero-order chi connectivity index (χ0) is 17.9. The summed E-state index contributed by atoms with van der Waals surface area (Å²) in [5, 5.41) is 6.58. The van der Waals surface area contributed by atoms with Crippen LogP contribution in [0.4, 0.5) is 5.69 Å². The Hall–Kier alpha value is -2.73. The number of fused-ring (bicyclic) bond motifs is 1. The first-order valence-corrected chi connectivity index (χ1v) is 9.54. The van der Waals surface area contributed by atoms with Crippen molar-refractivity contribution < 1.29 is 4.74 Å². The van der Waals surface area contributed by atoms with Gasteiger partial charge >= 0.3 is 0 Å². The fourth-order valence-corrected chi connectivity index (χ4v) is 3.81. The molecule has 132 valence electrons. The van der Waals surface area contributed by atoms with Gasteiger partial charge in [-0.05, 0) is 36.2 Å². The van der Waals surface area contributed by atoms with Crippen molar-refractivity contribution in [2.24, 2.45) is 10.1 Å². The van der Waals surface area contributed by atoms with Crippen LogP contribution in [0, 0.1) is 0 Å². The lowest BCUT2D eigenvalue weighted by atomic mass is 10.1. The van der Waals surface area contributed by atoms with Crippen molar-refractivity contribution in [2.75, 3.05) is 12.9 Å². The second-order valence-corrected chi connectivity index (χ2v) is 6.93. The second-order valence-electron chi connectivity index (χ2n) is 5.97. The Balaban J connectivity index is 1.57. The number of H-pyrrole nitrogens is 1. The van der Waals surface area contributed by atoms with Crippen LogP contribution < -0.4 is 10.2 Å². The molecule has 1 aliphatic rings. The number of aliphatic imine (C=N–C) groups is 1. The lowest BCUT2D eigenvalue weighted by Gasteiger charge is -2.14. The summed E-state index contributed by atoms with van der Waals surface area (Å²) in [6, 6.07) is 14.1. The second kappa shape index (κ2) is 7.25. The van der Waals surface area contributed by atoms with E-state index in [1.807, 2.05) is 24.3 Å². The normalized spacial score (nSPS) is 15.8. The van der Waals surface area contributed by atoms with Gasteiger partial charge in [0, 0.05) is 28.4 Å². The fraction of sp³-hybridized carbons (Fsp3) is 0.200. The molecule has 0 fully saturated rings. The van der Waals surface area contributed by atoms with E-state index in [9.17, 15) is 0 Å². The summed E-state index contributed by atoms with van der Waals surface area (Å²) in [5.41, 5.74) is 8.67. The van der Waals surface area contributed by atoms with E-state index >= 15 is 0 Å². The van der Waals surface area contributed by atoms with Crippen LogP contribution in [0.2, 0.25) is 0 Å². The highest BCUT2D eigenvalue weighted by Gasteiger charge is 2.17. The number of nitrogens with one attached hydrogen (secondary N) is 2. The first-order valence-electron chi connectivity index (χ1n) is 8.56. The van der Waals surface area contributed by atoms with Crippen LogP contribution in [0.1, 0.15) is 18.1 Å². The number of hydrazone groups is 1. The molecular weight excluding hydrogens is 344 g/mol. The van der Waals surface area contributed by atoms with Gasteiger partial charge in [0.2, 0.25) is 0 Å². The van der Waals surface area contributed by atoms with Gasteiger partial charge in [0.05, 0.1) is 18.5 Å². The number of rotatable bonds is 4. The quantitative estimate of drug-likeness (QED) is 0.718. The number of para-hydroxylation sites is 1. The number of aryl methyl sites for hydroxylation is 1. The SMILES string of the molecule is CCc1cccc2c(C3=NNC(=Nc4ccc(OC)cc4)SC3)c[nH]c12. The number of thioether (sulfide) groups is 1. The highest BCUT2D eigenvalue weighted by Crippen LogP contribution is 2.26. The van der Waals surface area contributed by atoms with Gasteiger partial charge in [0.1, 0.15) is 5.75 Å². The number of amidine groups is 1. The number of hydrogen-bond acceptors (Lipinski definition) is 4. The van der Waals surface area contributed by atoms with E-state index in [1.54, 1.807) is 18.9 Å². The largest absolute Gasteiger partial charge is 0.497 e. The van der Waals surface area contributed by atoms with Crippen molar-refractivity contribution in [1.82, 2.24) is 10.4 Å². The number of methoxy groups -OCH3 is 1. The maximum absolute atomic E-state index is 5.17. The number of nitrogens with zero attached hydrogens (tertiary/aromatic N) is 2. The third-order valence-corrected chi connectivity index (χ3v) is 5.30. The van der Waals surface area contributed by atoms with E-state index in [4.69, 9.17) is 4.74 Å². The molecule has 0 bridgehead atoms. The summed E-state index contributed by atoms with van der Waals surface area (Å²) in [7, 11) is 1.66. The minimum atomic E-state index is 0.783. The standard InChI is InChI=1S/C20H20N4OS/c1-3-13-5-4-6-16-17(11-21-19(13)16)18-12-26-20(24-23-18)22-14-7-9-15(25-2)10-8-14/h4-11,21H,3,12H2,1-2H3,(H,22,24). The summed E-state index contributed by atoms with van der Waals surface area (Å²) in [5.74, 6) is 1.61. The van der Waals surface area contributed by atoms with Gasteiger partial charge in [0.25, 0.3) is 0 Å². The smallest absolute Gasteiger partial charge is 0.182 e. The Labute approximate surface area is 156 Å². The molecule has 0 atom stereocenters. The molecule has 1 aliphatic heterocycles. The van der Waals surface area contributed by atoms with Gasteiger partial charge in [0.15, 0.2) is 5.17 Å². The molecule has 0 saturated carbocycles. The minimum absolute atomic E-state index is 0.783. The van der Waals surface area contributed by atoms with Gasteiger partial charge < -0.3 is 9.72 Å². The first kappa shape index (κ1) is 16.7. The molecule has 26 heavy (non-hydrogen) atoms. The molecule has 0 unspecified atom stereocenters. The lowest BCUT2D eigenvalue weighted by Crippen LogP contribution is -2.25. The molecule has 2 aromatic carbocycles. The Morgan fingerprint density at radius 3 is 2.73 bits per heavy atom. The zero-order valence-corrected chi connectivity index (χ0v) is 15.6. The number of ether oxygens (including phenoxy) is 1. The molecule has 6 heteroatoms. The topological polar surface area (TPSA) is 61.8 Å². The number of benzene rings is 2. The molecular formula is C20H20N4OS. The van der Waals surface area contributed by atoms with Crippen LogP contribution in [0.15, 0.2) is 58.8 Å². The summed E-state index contributed by atoms with van der Waals surface area (Å²) < 4.78 is 5.17. The summed E-state index contributed by atoms with van der Waals surface area (Å²) in [6.07, 6.45) is 3.06. The molecule has 2 N–H and O–H groups in total. The highest BCUT2D eigenvalue weighted by molar-refractivity contribution is 8.14. The Kier molecular flexibility index (Phi) is 4.67. The van der Waals surface area contributed by atoms with Crippen LogP contribution in [0.3, 0.4) is 0 Å². The van der Waals surface area contributed by atoms with Crippen molar-refractivity contribution in [3.8, 4) is 5.75 Å². The van der Waals surface area contributed by atoms with Crippen molar-refractivity contribution >= 4 is 39.2 Å². The van der Waals surface area contributed by atoms with Crippen molar-refractivity contribution in [3.63, 3.8) is 0 Å². The number of aromatic amines is 1. The highest BCUT2D eigenvalue weighted by atomic mass is 32.2. The third-order valence-electron chi connectivity index (χ3n) is 4.43. The van der Waals surface area contributed by atoms with Gasteiger partial charge in [-0.15, -0.1) is 0 Å². The zero-order valence-electron chi connectivity index (χ0n) is 14.7. The number of hydrogen-bond donors (Lipinski definition) is 2. The molecule has 4 rings (SSSR count). The molecule has 0 radical (unpaired) electrons. The molecule has 3 aromatic rings. The maximum atomic E-state index is 5.17. The monoisotopic (exact) mass is 364 g/mol. The molecule has 0 aliphatic carbocycles. The maximum Gasteiger partial charge on any atom is 0.182 e. The van der Waals surface area contributed by atoms with Gasteiger partial charge in [-0.25, -0.2) is 4.99 Å². The number of aromatic nitrogens is 1. The van der Waals surface area contributed by atoms with Gasteiger partial charge in [-0.1, -0.05) is 36.9 Å². The average Bonchev–Trinajstić information content (AvgIpc) is 3.13. The van der Waals surface area contributed by atoms with E-state index in [0.717, 1.165) is 40.1 Å². The summed E-state index contributed by atoms with van der Waals surface area (Å²) in [6.45, 7) is 2.17. The average molecular weight is 364 g/mol. The molecule has 1 aromatic heterocycles. The first-order chi connectivity index (χ1) is 12.8. The van der Waals surface area contributed by atoms with Crippen molar-refractivity contribution in [2.45, 2.75) is 13.3 Å². The van der Waals surface area contributed by atoms with Gasteiger partial charge in [-0.3, -0.25) is 5.43 Å². The summed E-state index contributed by atoms with van der Waals surface area (Å²) in [4.78, 5) is 8.00. The van der Waals surface area contributed by atoms with Crippen molar-refractivity contribution in [1.29, 1.82) is 0 Å². The van der Waals surface area contributed by atoms with Gasteiger partial charge in [-0.2, -0.15) is 5.10 Å². The van der Waals surface area contributed by atoms with E-state index in [1.165, 1.54) is 16.5 Å². The van der Waals surface area contributed by atoms with E-state index in [-0.39, 0.29) is 0 Å².